The lowest BCUT2D eigenvalue weighted by Gasteiger charge is -2.17. The Hall–Kier alpha value is -0.0400. The molecule has 0 saturated heterocycles. The summed E-state index contributed by atoms with van der Waals surface area (Å²) in [6, 6.07) is 0.472. The Balaban J connectivity index is 2.35. The van der Waals surface area contributed by atoms with Crippen LogP contribution in [0.15, 0.2) is 0 Å². The number of hydrogen-bond donors (Lipinski definition) is 1. The standard InChI is InChI=1S/C16H33N/c1-3-15-10-6-4-8-14(2)9-5-7-11-16(17)13-12-15/h14-16H,3-13,17H2,1-2H3. The number of hydrogen-bond acceptors (Lipinski definition) is 1. The van der Waals surface area contributed by atoms with Gasteiger partial charge in [0.2, 0.25) is 0 Å². The Bertz CT molecular complexity index is 178. The summed E-state index contributed by atoms with van der Waals surface area (Å²) in [5.41, 5.74) is 6.21. The number of rotatable bonds is 1. The van der Waals surface area contributed by atoms with Crippen LogP contribution in [0.3, 0.4) is 0 Å². The van der Waals surface area contributed by atoms with Gasteiger partial charge in [0.1, 0.15) is 0 Å². The van der Waals surface area contributed by atoms with Crippen LogP contribution >= 0.6 is 0 Å². The van der Waals surface area contributed by atoms with E-state index in [1.165, 1.54) is 70.6 Å². The first-order chi connectivity index (χ1) is 8.22. The minimum absolute atomic E-state index is 0.472. The molecule has 1 saturated carbocycles. The van der Waals surface area contributed by atoms with E-state index in [2.05, 4.69) is 13.8 Å². The van der Waals surface area contributed by atoms with Gasteiger partial charge in [-0.2, -0.15) is 0 Å². The SMILES string of the molecule is CCC1CCCCC(C)CCCCC(N)CC1. The summed E-state index contributed by atoms with van der Waals surface area (Å²) in [5.74, 6) is 1.88. The van der Waals surface area contributed by atoms with Crippen LogP contribution in [0.4, 0.5) is 0 Å². The minimum atomic E-state index is 0.472. The molecule has 0 aromatic rings. The highest BCUT2D eigenvalue weighted by atomic mass is 14.6. The van der Waals surface area contributed by atoms with E-state index >= 15 is 0 Å². The Labute approximate surface area is 109 Å². The third kappa shape index (κ3) is 7.08. The van der Waals surface area contributed by atoms with Crippen molar-refractivity contribution in [3.63, 3.8) is 0 Å². The highest BCUT2D eigenvalue weighted by Gasteiger charge is 2.11. The molecule has 0 amide bonds. The van der Waals surface area contributed by atoms with Crippen molar-refractivity contribution in [2.45, 2.75) is 90.5 Å². The van der Waals surface area contributed by atoms with Crippen LogP contribution in [0.5, 0.6) is 0 Å². The van der Waals surface area contributed by atoms with E-state index in [0.29, 0.717) is 6.04 Å². The topological polar surface area (TPSA) is 26.0 Å². The van der Waals surface area contributed by atoms with Gasteiger partial charge in [-0.05, 0) is 31.1 Å². The smallest absolute Gasteiger partial charge is 0.00389 e. The first-order valence-electron chi connectivity index (χ1n) is 7.98. The van der Waals surface area contributed by atoms with Gasteiger partial charge < -0.3 is 5.73 Å². The van der Waals surface area contributed by atoms with Crippen LogP contribution in [0.25, 0.3) is 0 Å². The molecular formula is C16H33N. The lowest BCUT2D eigenvalue weighted by Crippen LogP contribution is -2.20. The molecule has 0 heterocycles. The molecular weight excluding hydrogens is 206 g/mol. The quantitative estimate of drug-likeness (QED) is 0.692. The second-order valence-corrected chi connectivity index (χ2v) is 6.29. The Morgan fingerprint density at radius 2 is 1.41 bits per heavy atom. The predicted octanol–water partition coefficient (Wildman–Crippen LogP) is 4.89. The van der Waals surface area contributed by atoms with Gasteiger partial charge in [-0.3, -0.25) is 0 Å². The summed E-state index contributed by atoms with van der Waals surface area (Å²) in [6.45, 7) is 4.77. The largest absolute Gasteiger partial charge is 0.328 e. The van der Waals surface area contributed by atoms with Crippen LogP contribution in [-0.2, 0) is 0 Å². The molecule has 1 aliphatic rings. The summed E-state index contributed by atoms with van der Waals surface area (Å²) in [6.07, 6.45) is 15.2. The maximum atomic E-state index is 6.21. The second kappa shape index (κ2) is 8.97. The summed E-state index contributed by atoms with van der Waals surface area (Å²) >= 11 is 0. The first kappa shape index (κ1) is 15.0. The fourth-order valence-corrected chi connectivity index (χ4v) is 3.12. The normalized spacial score (nSPS) is 34.4. The van der Waals surface area contributed by atoms with E-state index in [0.717, 1.165) is 11.8 Å². The highest BCUT2D eigenvalue weighted by molar-refractivity contribution is 4.68. The summed E-state index contributed by atoms with van der Waals surface area (Å²) in [7, 11) is 0. The maximum Gasteiger partial charge on any atom is 0.00389 e. The zero-order valence-electron chi connectivity index (χ0n) is 12.1. The molecule has 1 rings (SSSR count). The molecule has 3 unspecified atom stereocenters. The number of nitrogens with two attached hydrogens (primary N) is 1. The highest BCUT2D eigenvalue weighted by Crippen LogP contribution is 2.24. The molecule has 0 radical (unpaired) electrons. The average molecular weight is 239 g/mol. The van der Waals surface area contributed by atoms with Crippen molar-refractivity contribution in [1.82, 2.24) is 0 Å². The van der Waals surface area contributed by atoms with Gasteiger partial charge in [0.15, 0.2) is 0 Å². The molecule has 0 aliphatic heterocycles. The third-order valence-electron chi connectivity index (χ3n) is 4.60. The van der Waals surface area contributed by atoms with Gasteiger partial charge >= 0.3 is 0 Å². The zero-order valence-corrected chi connectivity index (χ0v) is 12.1. The van der Waals surface area contributed by atoms with Gasteiger partial charge in [-0.15, -0.1) is 0 Å². The third-order valence-corrected chi connectivity index (χ3v) is 4.60. The van der Waals surface area contributed by atoms with Crippen molar-refractivity contribution in [2.75, 3.05) is 0 Å². The zero-order chi connectivity index (χ0) is 12.5. The Morgan fingerprint density at radius 1 is 0.824 bits per heavy atom. The van der Waals surface area contributed by atoms with E-state index < -0.39 is 0 Å². The lowest BCUT2D eigenvalue weighted by atomic mass is 9.91. The van der Waals surface area contributed by atoms with Crippen molar-refractivity contribution >= 4 is 0 Å². The second-order valence-electron chi connectivity index (χ2n) is 6.29. The van der Waals surface area contributed by atoms with Crippen molar-refractivity contribution in [3.8, 4) is 0 Å². The maximum absolute atomic E-state index is 6.21. The molecule has 0 spiro atoms. The van der Waals surface area contributed by atoms with Gasteiger partial charge in [-0.25, -0.2) is 0 Å². The summed E-state index contributed by atoms with van der Waals surface area (Å²) < 4.78 is 0. The molecule has 17 heavy (non-hydrogen) atoms. The molecule has 2 N–H and O–H groups in total. The van der Waals surface area contributed by atoms with Gasteiger partial charge in [0, 0.05) is 6.04 Å². The van der Waals surface area contributed by atoms with E-state index in [9.17, 15) is 0 Å². The predicted molar refractivity (Wildman–Crippen MR) is 77.1 cm³/mol. The Kier molecular flexibility index (Phi) is 7.92. The van der Waals surface area contributed by atoms with Crippen LogP contribution in [0.1, 0.15) is 84.5 Å². The van der Waals surface area contributed by atoms with Crippen LogP contribution in [0, 0.1) is 11.8 Å². The average Bonchev–Trinajstić information content (AvgIpc) is 2.34. The van der Waals surface area contributed by atoms with Crippen LogP contribution < -0.4 is 5.73 Å². The van der Waals surface area contributed by atoms with E-state index in [-0.39, 0.29) is 0 Å². The van der Waals surface area contributed by atoms with Gasteiger partial charge in [0.25, 0.3) is 0 Å². The molecule has 1 fully saturated rings. The summed E-state index contributed by atoms with van der Waals surface area (Å²) in [5, 5.41) is 0. The van der Waals surface area contributed by atoms with Crippen molar-refractivity contribution in [1.29, 1.82) is 0 Å². The molecule has 102 valence electrons. The van der Waals surface area contributed by atoms with Crippen molar-refractivity contribution < 1.29 is 0 Å². The molecule has 1 aliphatic carbocycles. The molecule has 1 nitrogen and oxygen atoms in total. The van der Waals surface area contributed by atoms with E-state index in [1.807, 2.05) is 0 Å². The first-order valence-corrected chi connectivity index (χ1v) is 7.98. The molecule has 1 heteroatoms. The minimum Gasteiger partial charge on any atom is -0.328 e. The van der Waals surface area contributed by atoms with E-state index in [1.54, 1.807) is 0 Å². The van der Waals surface area contributed by atoms with Crippen LogP contribution in [-0.4, -0.2) is 6.04 Å². The Morgan fingerprint density at radius 3 is 2.06 bits per heavy atom. The van der Waals surface area contributed by atoms with Crippen LogP contribution in [0.2, 0.25) is 0 Å². The van der Waals surface area contributed by atoms with Gasteiger partial charge in [0.05, 0.1) is 0 Å². The van der Waals surface area contributed by atoms with Gasteiger partial charge in [-0.1, -0.05) is 65.2 Å². The monoisotopic (exact) mass is 239 g/mol. The van der Waals surface area contributed by atoms with Crippen molar-refractivity contribution in [2.24, 2.45) is 17.6 Å². The molecule has 0 aromatic heterocycles. The van der Waals surface area contributed by atoms with Crippen molar-refractivity contribution in [3.05, 3.63) is 0 Å². The van der Waals surface area contributed by atoms with E-state index in [4.69, 9.17) is 5.73 Å². The summed E-state index contributed by atoms with van der Waals surface area (Å²) in [4.78, 5) is 0. The molecule has 3 atom stereocenters. The molecule has 0 bridgehead atoms. The lowest BCUT2D eigenvalue weighted by molar-refractivity contribution is 0.378. The fraction of sp³-hybridized carbons (Fsp3) is 1.00. The molecule has 0 aromatic carbocycles. The fourth-order valence-electron chi connectivity index (χ4n) is 3.12.